The van der Waals surface area contributed by atoms with E-state index in [2.05, 4.69) is 0 Å². The van der Waals surface area contributed by atoms with E-state index in [9.17, 15) is 12.9 Å². The van der Waals surface area contributed by atoms with Crippen molar-refractivity contribution in [2.24, 2.45) is 0 Å². The topological polar surface area (TPSA) is 9.23 Å². The fraction of sp³-hybridized carbons (Fsp3) is 0.500. The molecule has 1 rings (SSSR count). The molecule has 0 aromatic heterocycles. The van der Waals surface area contributed by atoms with Crippen LogP contribution in [-0.2, 0) is 0 Å². The maximum atomic E-state index is 12.6. The molecule has 1 aromatic rings. The molecule has 1 aromatic carbocycles. The zero-order valence-electron chi connectivity index (χ0n) is 11.3. The van der Waals surface area contributed by atoms with Gasteiger partial charge in [0, 0.05) is 0 Å². The van der Waals surface area contributed by atoms with Gasteiger partial charge in [-0.05, 0) is 31.9 Å². The summed E-state index contributed by atoms with van der Waals surface area (Å²) in [5.74, 6) is 0.514. The molecule has 0 spiro atoms. The summed E-state index contributed by atoms with van der Waals surface area (Å²) in [6, 6.07) is 3.96. The summed E-state index contributed by atoms with van der Waals surface area (Å²) in [4.78, 5) is 0. The summed E-state index contributed by atoms with van der Waals surface area (Å²) in [6.45, 7) is 0.519. The van der Waals surface area contributed by atoms with Crippen LogP contribution in [0.4, 0.5) is 12.9 Å². The monoisotopic (exact) mass is 284 g/mol. The minimum atomic E-state index is -4.93. The number of aryl methyl sites for hydroxylation is 1. The van der Waals surface area contributed by atoms with Crippen molar-refractivity contribution in [3.8, 4) is 5.75 Å². The summed E-state index contributed by atoms with van der Waals surface area (Å²) in [5.41, 5.74) is -0.317. The van der Waals surface area contributed by atoms with Crippen molar-refractivity contribution < 1.29 is 69.1 Å². The van der Waals surface area contributed by atoms with Gasteiger partial charge in [-0.3, -0.25) is 0 Å². The molecular formula is C12H17BF3KO. The molecule has 1 nitrogen and oxygen atoms in total. The summed E-state index contributed by atoms with van der Waals surface area (Å²) >= 11 is 0. The minimum absolute atomic E-state index is 0. The zero-order chi connectivity index (χ0) is 13.1. The maximum absolute atomic E-state index is 12.6. The molecule has 0 N–H and O–H groups in total. The van der Waals surface area contributed by atoms with Gasteiger partial charge in [0.05, 0.1) is 6.10 Å². The number of hydrogen-bond acceptors (Lipinski definition) is 1. The fourth-order valence-corrected chi connectivity index (χ4v) is 1.74. The molecule has 0 bridgehead atoms. The molecule has 18 heavy (non-hydrogen) atoms. The van der Waals surface area contributed by atoms with E-state index >= 15 is 0 Å². The van der Waals surface area contributed by atoms with Gasteiger partial charge in [0.25, 0.3) is 0 Å². The molecule has 96 valence electrons. The van der Waals surface area contributed by atoms with Crippen LogP contribution in [-0.4, -0.2) is 13.1 Å². The van der Waals surface area contributed by atoms with Gasteiger partial charge >= 0.3 is 58.4 Å². The van der Waals surface area contributed by atoms with E-state index in [1.54, 1.807) is 0 Å². The summed E-state index contributed by atoms with van der Waals surface area (Å²) in [5, 5.41) is 0. The maximum Gasteiger partial charge on any atom is 1.00 e. The third kappa shape index (κ3) is 5.25. The van der Waals surface area contributed by atoms with Gasteiger partial charge in [-0.1, -0.05) is 25.5 Å². The molecule has 0 aliphatic carbocycles. The Hall–Kier alpha value is 0.511. The van der Waals surface area contributed by atoms with Crippen LogP contribution < -0.4 is 61.6 Å². The van der Waals surface area contributed by atoms with Gasteiger partial charge in [-0.2, -0.15) is 0 Å². The van der Waals surface area contributed by atoms with E-state index in [0.29, 0.717) is 5.75 Å². The van der Waals surface area contributed by atoms with Crippen LogP contribution in [0, 0.1) is 6.92 Å². The standard InChI is InChI=1S/C12H17BF3O.K/c1-4-10(5-2)17-11-6-7-12(9(3)8-11)13(14,15)16;/h6-8,10H,4-5H2,1-3H3;/q-1;+1. The van der Waals surface area contributed by atoms with Gasteiger partial charge in [-0.15, -0.1) is 5.46 Å². The summed E-state index contributed by atoms with van der Waals surface area (Å²) < 4.78 is 43.4. The molecule has 0 fully saturated rings. The number of benzene rings is 1. The molecule has 0 amide bonds. The number of hydrogen-bond donors (Lipinski definition) is 0. The molecule has 0 aliphatic rings. The Morgan fingerprint density at radius 2 is 1.72 bits per heavy atom. The Kier molecular flexibility index (Phi) is 8.17. The average Bonchev–Trinajstić information content (AvgIpc) is 2.24. The Balaban J connectivity index is 0.00000289. The molecule has 0 saturated heterocycles. The van der Waals surface area contributed by atoms with Gasteiger partial charge in [0.1, 0.15) is 5.75 Å². The number of halogens is 3. The molecule has 0 atom stereocenters. The van der Waals surface area contributed by atoms with Gasteiger partial charge in [0.15, 0.2) is 0 Å². The van der Waals surface area contributed by atoms with Crippen LogP contribution >= 0.6 is 0 Å². The Morgan fingerprint density at radius 3 is 2.11 bits per heavy atom. The van der Waals surface area contributed by atoms with Crippen molar-refractivity contribution >= 4 is 12.4 Å². The SMILES string of the molecule is CCC(CC)Oc1ccc([B-](F)(F)F)c(C)c1.[K+]. The first kappa shape index (κ1) is 18.5. The van der Waals surface area contributed by atoms with Crippen molar-refractivity contribution in [2.45, 2.75) is 39.7 Å². The van der Waals surface area contributed by atoms with Crippen LogP contribution in [0.2, 0.25) is 0 Å². The number of rotatable bonds is 5. The third-order valence-corrected chi connectivity index (χ3v) is 2.81. The van der Waals surface area contributed by atoms with E-state index in [1.165, 1.54) is 19.1 Å². The van der Waals surface area contributed by atoms with Crippen molar-refractivity contribution in [1.29, 1.82) is 0 Å². The predicted octanol–water partition coefficient (Wildman–Crippen LogP) is 0.621. The van der Waals surface area contributed by atoms with Crippen LogP contribution in [0.25, 0.3) is 0 Å². The first-order valence-corrected chi connectivity index (χ1v) is 5.85. The van der Waals surface area contributed by atoms with E-state index in [-0.39, 0.29) is 63.1 Å². The van der Waals surface area contributed by atoms with Crippen LogP contribution in [0.3, 0.4) is 0 Å². The molecule has 0 radical (unpaired) electrons. The van der Waals surface area contributed by atoms with Crippen LogP contribution in [0.1, 0.15) is 32.3 Å². The second kappa shape index (κ2) is 7.95. The van der Waals surface area contributed by atoms with Gasteiger partial charge < -0.3 is 17.7 Å². The zero-order valence-corrected chi connectivity index (χ0v) is 14.5. The predicted molar refractivity (Wildman–Crippen MR) is 64.9 cm³/mol. The molecule has 6 heteroatoms. The molecular weight excluding hydrogens is 267 g/mol. The van der Waals surface area contributed by atoms with E-state index in [4.69, 9.17) is 4.74 Å². The molecule has 0 heterocycles. The third-order valence-electron chi connectivity index (χ3n) is 2.81. The molecule has 0 aliphatic heterocycles. The van der Waals surface area contributed by atoms with E-state index < -0.39 is 12.4 Å². The van der Waals surface area contributed by atoms with E-state index in [0.717, 1.165) is 18.9 Å². The number of ether oxygens (including phenoxy) is 1. The van der Waals surface area contributed by atoms with E-state index in [1.807, 2.05) is 13.8 Å². The summed E-state index contributed by atoms with van der Waals surface area (Å²) in [7, 11) is 0. The van der Waals surface area contributed by atoms with Crippen LogP contribution in [0.5, 0.6) is 5.75 Å². The smallest absolute Gasteiger partial charge is 0.490 e. The van der Waals surface area contributed by atoms with Crippen LogP contribution in [0.15, 0.2) is 18.2 Å². The largest absolute Gasteiger partial charge is 1.00 e. The quantitative estimate of drug-likeness (QED) is 0.720. The Bertz CT molecular complexity index is 378. The second-order valence-corrected chi connectivity index (χ2v) is 4.15. The van der Waals surface area contributed by atoms with Crippen molar-refractivity contribution in [2.75, 3.05) is 0 Å². The van der Waals surface area contributed by atoms with Crippen molar-refractivity contribution in [3.63, 3.8) is 0 Å². The molecule has 0 saturated carbocycles. The summed E-state index contributed by atoms with van der Waals surface area (Å²) in [6.07, 6.45) is 1.76. The minimum Gasteiger partial charge on any atom is -0.490 e. The Morgan fingerprint density at radius 1 is 1.17 bits per heavy atom. The average molecular weight is 284 g/mol. The van der Waals surface area contributed by atoms with Crippen molar-refractivity contribution in [1.82, 2.24) is 0 Å². The fourth-order valence-electron chi connectivity index (χ4n) is 1.74. The van der Waals surface area contributed by atoms with Gasteiger partial charge in [0.2, 0.25) is 0 Å². The molecule has 0 unspecified atom stereocenters. The first-order valence-electron chi connectivity index (χ1n) is 5.85. The second-order valence-electron chi connectivity index (χ2n) is 4.15. The normalized spacial score (nSPS) is 11.3. The Labute approximate surface area is 149 Å². The van der Waals surface area contributed by atoms with Crippen molar-refractivity contribution in [3.05, 3.63) is 23.8 Å². The van der Waals surface area contributed by atoms with Gasteiger partial charge in [-0.25, -0.2) is 0 Å². The first-order chi connectivity index (χ1) is 7.88.